The summed E-state index contributed by atoms with van der Waals surface area (Å²) >= 11 is 0. The Morgan fingerprint density at radius 1 is 1.07 bits per heavy atom. The zero-order valence-electron chi connectivity index (χ0n) is 16.1. The quantitative estimate of drug-likeness (QED) is 0.347. The molecule has 3 aromatic carbocycles. The molecule has 0 unspecified atom stereocenters. The van der Waals surface area contributed by atoms with Gasteiger partial charge in [-0.25, -0.2) is 5.43 Å². The van der Waals surface area contributed by atoms with E-state index in [0.29, 0.717) is 23.7 Å². The van der Waals surface area contributed by atoms with E-state index in [0.717, 1.165) is 5.56 Å². The molecule has 1 N–H and O–H groups in total. The molecule has 0 aromatic heterocycles. The van der Waals surface area contributed by atoms with E-state index < -0.39 is 10.8 Å². The van der Waals surface area contributed by atoms with Crippen molar-refractivity contribution in [3.63, 3.8) is 0 Å². The summed E-state index contributed by atoms with van der Waals surface area (Å²) in [5.41, 5.74) is 4.30. The Morgan fingerprint density at radius 3 is 2.47 bits per heavy atom. The first-order valence-electron chi connectivity index (χ1n) is 8.99. The third kappa shape index (κ3) is 5.41. The van der Waals surface area contributed by atoms with Crippen LogP contribution in [-0.4, -0.2) is 24.2 Å². The average molecular weight is 405 g/mol. The SMILES string of the molecule is COc1cc(/C=N\NC(=O)c2ccc([N+](=O)[O-])cc2)ccc1OCc1ccccc1. The molecule has 3 aromatic rings. The fourth-order valence-electron chi connectivity index (χ4n) is 2.58. The first-order chi connectivity index (χ1) is 14.6. The van der Waals surface area contributed by atoms with E-state index in [-0.39, 0.29) is 11.3 Å². The second-order valence-electron chi connectivity index (χ2n) is 6.19. The average Bonchev–Trinajstić information content (AvgIpc) is 2.78. The Labute approximate surface area is 172 Å². The summed E-state index contributed by atoms with van der Waals surface area (Å²) < 4.78 is 11.2. The minimum absolute atomic E-state index is 0.0864. The Hall–Kier alpha value is -4.20. The molecule has 0 fully saturated rings. The molecule has 0 bridgehead atoms. The number of nitrogens with one attached hydrogen (secondary N) is 1. The van der Waals surface area contributed by atoms with Gasteiger partial charge in [-0.3, -0.25) is 14.9 Å². The number of nitro benzene ring substituents is 1. The lowest BCUT2D eigenvalue weighted by atomic mass is 10.2. The predicted octanol–water partition coefficient (Wildman–Crippen LogP) is 3.95. The number of non-ortho nitro benzene ring substituents is 1. The van der Waals surface area contributed by atoms with Crippen molar-refractivity contribution in [2.45, 2.75) is 6.61 Å². The molecule has 0 saturated heterocycles. The van der Waals surface area contributed by atoms with E-state index in [1.807, 2.05) is 30.3 Å². The lowest BCUT2D eigenvalue weighted by molar-refractivity contribution is -0.384. The number of carbonyl (C=O) groups excluding carboxylic acids is 1. The van der Waals surface area contributed by atoms with Crippen LogP contribution in [0.3, 0.4) is 0 Å². The Kier molecular flexibility index (Phi) is 6.73. The van der Waals surface area contributed by atoms with Crippen LogP contribution in [0, 0.1) is 10.1 Å². The fraction of sp³-hybridized carbons (Fsp3) is 0.0909. The first kappa shape index (κ1) is 20.5. The Balaban J connectivity index is 1.61. The van der Waals surface area contributed by atoms with E-state index in [1.54, 1.807) is 25.3 Å². The van der Waals surface area contributed by atoms with Gasteiger partial charge in [0.05, 0.1) is 18.2 Å². The number of nitro groups is 1. The van der Waals surface area contributed by atoms with Gasteiger partial charge in [-0.1, -0.05) is 30.3 Å². The smallest absolute Gasteiger partial charge is 0.271 e. The van der Waals surface area contributed by atoms with Crippen molar-refractivity contribution in [1.82, 2.24) is 5.43 Å². The highest BCUT2D eigenvalue weighted by Gasteiger charge is 2.09. The number of benzene rings is 3. The van der Waals surface area contributed by atoms with Crippen molar-refractivity contribution < 1.29 is 19.2 Å². The van der Waals surface area contributed by atoms with Gasteiger partial charge in [0.25, 0.3) is 11.6 Å². The molecule has 0 atom stereocenters. The number of rotatable bonds is 8. The van der Waals surface area contributed by atoms with Gasteiger partial charge in [-0.2, -0.15) is 5.10 Å². The van der Waals surface area contributed by atoms with E-state index in [1.165, 1.54) is 30.5 Å². The molecular formula is C22H19N3O5. The zero-order valence-corrected chi connectivity index (χ0v) is 16.1. The van der Waals surface area contributed by atoms with Gasteiger partial charge >= 0.3 is 0 Å². The highest BCUT2D eigenvalue weighted by atomic mass is 16.6. The molecule has 8 nitrogen and oxygen atoms in total. The van der Waals surface area contributed by atoms with Gasteiger partial charge in [0.2, 0.25) is 0 Å². The van der Waals surface area contributed by atoms with Crippen LogP contribution < -0.4 is 14.9 Å². The molecule has 1 amide bonds. The number of hydrazone groups is 1. The zero-order chi connectivity index (χ0) is 21.3. The number of carbonyl (C=O) groups is 1. The maximum atomic E-state index is 12.1. The van der Waals surface area contributed by atoms with Crippen LogP contribution in [-0.2, 0) is 6.61 Å². The molecule has 30 heavy (non-hydrogen) atoms. The van der Waals surface area contributed by atoms with Gasteiger partial charge in [-0.05, 0) is 41.5 Å². The third-order valence-electron chi connectivity index (χ3n) is 4.14. The Bertz CT molecular complexity index is 1050. The molecule has 0 spiro atoms. The summed E-state index contributed by atoms with van der Waals surface area (Å²) in [7, 11) is 1.54. The minimum atomic E-state index is -0.527. The van der Waals surface area contributed by atoms with Crippen LogP contribution in [0.2, 0.25) is 0 Å². The summed E-state index contributed by atoms with van der Waals surface area (Å²) in [5.74, 6) is 0.654. The first-order valence-corrected chi connectivity index (χ1v) is 8.99. The van der Waals surface area contributed by atoms with Crippen LogP contribution in [0.4, 0.5) is 5.69 Å². The van der Waals surface area contributed by atoms with Crippen LogP contribution in [0.25, 0.3) is 0 Å². The summed E-state index contributed by atoms with van der Waals surface area (Å²) in [6, 6.07) is 20.3. The molecule has 152 valence electrons. The van der Waals surface area contributed by atoms with Crippen molar-refractivity contribution in [2.24, 2.45) is 5.10 Å². The summed E-state index contributed by atoms with van der Waals surface area (Å²) in [4.78, 5) is 22.2. The standard InChI is InChI=1S/C22H19N3O5/c1-29-21-13-17(7-12-20(21)30-15-16-5-3-2-4-6-16)14-23-24-22(26)18-8-10-19(11-9-18)25(27)28/h2-14H,15H2,1H3,(H,24,26)/b23-14-. The lowest BCUT2D eigenvalue weighted by Gasteiger charge is -2.11. The van der Waals surface area contributed by atoms with E-state index in [9.17, 15) is 14.9 Å². The van der Waals surface area contributed by atoms with Crippen LogP contribution in [0.15, 0.2) is 77.9 Å². The monoisotopic (exact) mass is 405 g/mol. The molecule has 3 rings (SSSR count). The molecule has 0 radical (unpaired) electrons. The fourth-order valence-corrected chi connectivity index (χ4v) is 2.58. The van der Waals surface area contributed by atoms with E-state index in [4.69, 9.17) is 9.47 Å². The van der Waals surface area contributed by atoms with Crippen LogP contribution in [0.5, 0.6) is 11.5 Å². The highest BCUT2D eigenvalue weighted by Crippen LogP contribution is 2.28. The number of nitrogens with zero attached hydrogens (tertiary/aromatic N) is 2. The summed E-state index contributed by atoms with van der Waals surface area (Å²) in [6.45, 7) is 0.413. The second kappa shape index (κ2) is 9.83. The third-order valence-corrected chi connectivity index (χ3v) is 4.14. The molecule has 0 heterocycles. The van der Waals surface area contributed by atoms with Crippen molar-refractivity contribution in [3.05, 3.63) is 99.6 Å². The molecule has 8 heteroatoms. The number of hydrogen-bond donors (Lipinski definition) is 1. The van der Waals surface area contributed by atoms with Gasteiger partial charge in [-0.15, -0.1) is 0 Å². The van der Waals surface area contributed by atoms with Crippen molar-refractivity contribution in [1.29, 1.82) is 0 Å². The number of amides is 1. The van der Waals surface area contributed by atoms with Crippen molar-refractivity contribution in [3.8, 4) is 11.5 Å². The summed E-state index contributed by atoms with van der Waals surface area (Å²) in [5, 5.41) is 14.6. The molecule has 0 aliphatic carbocycles. The lowest BCUT2D eigenvalue weighted by Crippen LogP contribution is -2.17. The maximum absolute atomic E-state index is 12.1. The Morgan fingerprint density at radius 2 is 1.80 bits per heavy atom. The molecular weight excluding hydrogens is 386 g/mol. The highest BCUT2D eigenvalue weighted by molar-refractivity contribution is 5.95. The second-order valence-corrected chi connectivity index (χ2v) is 6.19. The van der Waals surface area contributed by atoms with Crippen molar-refractivity contribution in [2.75, 3.05) is 7.11 Å². The van der Waals surface area contributed by atoms with Gasteiger partial charge < -0.3 is 9.47 Å². The topological polar surface area (TPSA) is 103 Å². The van der Waals surface area contributed by atoms with E-state index >= 15 is 0 Å². The van der Waals surface area contributed by atoms with Gasteiger partial charge in [0.15, 0.2) is 11.5 Å². The molecule has 0 aliphatic heterocycles. The summed E-state index contributed by atoms with van der Waals surface area (Å²) in [6.07, 6.45) is 1.47. The normalized spacial score (nSPS) is 10.6. The minimum Gasteiger partial charge on any atom is -0.493 e. The van der Waals surface area contributed by atoms with E-state index in [2.05, 4.69) is 10.5 Å². The van der Waals surface area contributed by atoms with Gasteiger partial charge in [0, 0.05) is 17.7 Å². The predicted molar refractivity (Wildman–Crippen MR) is 112 cm³/mol. The molecule has 0 aliphatic rings. The number of hydrogen-bond acceptors (Lipinski definition) is 6. The molecule has 0 saturated carbocycles. The maximum Gasteiger partial charge on any atom is 0.271 e. The number of ether oxygens (including phenoxy) is 2. The van der Waals surface area contributed by atoms with Crippen LogP contribution >= 0.6 is 0 Å². The number of methoxy groups -OCH3 is 1. The van der Waals surface area contributed by atoms with Crippen molar-refractivity contribution >= 4 is 17.8 Å². The van der Waals surface area contributed by atoms with Crippen LogP contribution in [0.1, 0.15) is 21.5 Å². The largest absolute Gasteiger partial charge is 0.493 e. The van der Waals surface area contributed by atoms with Gasteiger partial charge in [0.1, 0.15) is 6.61 Å².